The van der Waals surface area contributed by atoms with Crippen LogP contribution in [0.25, 0.3) is 0 Å². The molecule has 0 N–H and O–H groups in total. The zero-order chi connectivity index (χ0) is 21.5. The second-order valence-corrected chi connectivity index (χ2v) is 9.86. The summed E-state index contributed by atoms with van der Waals surface area (Å²) in [4.78, 5) is 24.0. The summed E-state index contributed by atoms with van der Waals surface area (Å²) in [6, 6.07) is 0. The summed E-state index contributed by atoms with van der Waals surface area (Å²) in [5.41, 5.74) is 0. The maximum atomic E-state index is 12.0. The van der Waals surface area contributed by atoms with Gasteiger partial charge in [0.05, 0.1) is 0 Å². The molecule has 1 aliphatic rings. The van der Waals surface area contributed by atoms with Gasteiger partial charge in [-0.2, -0.15) is 0 Å². The normalized spacial score (nSPS) is 23.3. The van der Waals surface area contributed by atoms with Gasteiger partial charge in [0, 0.05) is 25.7 Å². The Morgan fingerprint density at radius 1 is 0.233 bits per heavy atom. The molecular formula is C28H52O2. The smallest absolute Gasteiger partial charge is 0.132 e. The zero-order valence-corrected chi connectivity index (χ0v) is 20.2. The number of hydrogen-bond donors (Lipinski definition) is 0. The maximum absolute atomic E-state index is 12.0. The third kappa shape index (κ3) is 19.3. The van der Waals surface area contributed by atoms with Crippen LogP contribution in [-0.4, -0.2) is 11.6 Å². The molecule has 1 aliphatic carbocycles. The average Bonchev–Trinajstić information content (AvgIpc) is 2.74. The summed E-state index contributed by atoms with van der Waals surface area (Å²) in [6.45, 7) is 0. The molecule has 0 heterocycles. The van der Waals surface area contributed by atoms with Gasteiger partial charge in [-0.05, 0) is 25.7 Å². The van der Waals surface area contributed by atoms with Crippen molar-refractivity contribution in [1.82, 2.24) is 0 Å². The lowest BCUT2D eigenvalue weighted by molar-refractivity contribution is -0.120. The van der Waals surface area contributed by atoms with Gasteiger partial charge >= 0.3 is 0 Å². The topological polar surface area (TPSA) is 34.1 Å². The summed E-state index contributed by atoms with van der Waals surface area (Å²) in [6.07, 6.45) is 31.3. The van der Waals surface area contributed by atoms with Gasteiger partial charge < -0.3 is 0 Å². The predicted octanol–water partition coefficient (Wildman–Crippen LogP) is 9.28. The Kier molecular flexibility index (Phi) is 19.7. The van der Waals surface area contributed by atoms with E-state index in [1.807, 2.05) is 0 Å². The van der Waals surface area contributed by atoms with Gasteiger partial charge in [-0.3, -0.25) is 9.59 Å². The van der Waals surface area contributed by atoms with E-state index in [9.17, 15) is 9.59 Å². The van der Waals surface area contributed by atoms with Gasteiger partial charge in [0.2, 0.25) is 0 Å². The molecule has 0 amide bonds. The van der Waals surface area contributed by atoms with Crippen LogP contribution < -0.4 is 0 Å². The van der Waals surface area contributed by atoms with Gasteiger partial charge in [-0.25, -0.2) is 0 Å². The molecule has 2 heteroatoms. The van der Waals surface area contributed by atoms with E-state index in [-0.39, 0.29) is 0 Å². The summed E-state index contributed by atoms with van der Waals surface area (Å²) in [5.74, 6) is 1.01. The summed E-state index contributed by atoms with van der Waals surface area (Å²) in [5, 5.41) is 0. The molecule has 30 heavy (non-hydrogen) atoms. The zero-order valence-electron chi connectivity index (χ0n) is 20.2. The minimum atomic E-state index is 0.504. The van der Waals surface area contributed by atoms with Crippen LogP contribution in [0.2, 0.25) is 0 Å². The van der Waals surface area contributed by atoms with Crippen molar-refractivity contribution in [2.24, 2.45) is 0 Å². The Bertz CT molecular complexity index is 331. The summed E-state index contributed by atoms with van der Waals surface area (Å²) in [7, 11) is 0. The van der Waals surface area contributed by atoms with Crippen molar-refractivity contribution in [2.75, 3.05) is 0 Å². The second kappa shape index (κ2) is 21.6. The summed E-state index contributed by atoms with van der Waals surface area (Å²) < 4.78 is 0. The van der Waals surface area contributed by atoms with E-state index in [4.69, 9.17) is 0 Å². The van der Waals surface area contributed by atoms with E-state index >= 15 is 0 Å². The lowest BCUT2D eigenvalue weighted by atomic mass is 10.0. The van der Waals surface area contributed by atoms with E-state index in [2.05, 4.69) is 0 Å². The van der Waals surface area contributed by atoms with Gasteiger partial charge in [0.1, 0.15) is 11.6 Å². The van der Waals surface area contributed by atoms with Gasteiger partial charge in [-0.15, -0.1) is 0 Å². The van der Waals surface area contributed by atoms with Crippen molar-refractivity contribution in [1.29, 1.82) is 0 Å². The van der Waals surface area contributed by atoms with Crippen LogP contribution in [-0.2, 0) is 9.59 Å². The van der Waals surface area contributed by atoms with Crippen molar-refractivity contribution >= 4 is 11.6 Å². The van der Waals surface area contributed by atoms with Crippen LogP contribution in [0.1, 0.15) is 167 Å². The minimum absolute atomic E-state index is 0.504. The number of ketones is 2. The first kappa shape index (κ1) is 27.4. The molecule has 1 rings (SSSR count). The van der Waals surface area contributed by atoms with Crippen LogP contribution in [0.5, 0.6) is 0 Å². The first-order valence-corrected chi connectivity index (χ1v) is 13.8. The molecule has 0 aromatic heterocycles. The molecular weight excluding hydrogens is 368 g/mol. The van der Waals surface area contributed by atoms with Crippen molar-refractivity contribution in [3.63, 3.8) is 0 Å². The molecule has 1 fully saturated rings. The van der Waals surface area contributed by atoms with E-state index in [1.165, 1.54) is 116 Å². The summed E-state index contributed by atoms with van der Waals surface area (Å²) >= 11 is 0. The number of hydrogen-bond acceptors (Lipinski definition) is 2. The van der Waals surface area contributed by atoms with Crippen molar-refractivity contribution < 1.29 is 9.59 Å². The van der Waals surface area contributed by atoms with Crippen LogP contribution in [0, 0.1) is 0 Å². The quantitative estimate of drug-likeness (QED) is 0.391. The standard InChI is InChI=1S/C28H52O2/c29-27-23-19-15-11-7-3-1-4-8-12-16-20-24-28(30)26-22-18-14-10-6-2-5-9-13-17-21-25-27/h1-26H2. The molecule has 0 aliphatic heterocycles. The van der Waals surface area contributed by atoms with Gasteiger partial charge in [0.15, 0.2) is 0 Å². The van der Waals surface area contributed by atoms with Crippen LogP contribution in [0.15, 0.2) is 0 Å². The van der Waals surface area contributed by atoms with E-state index in [0.29, 0.717) is 11.6 Å². The number of carbonyl (C=O) groups is 2. The van der Waals surface area contributed by atoms with E-state index in [1.54, 1.807) is 0 Å². The van der Waals surface area contributed by atoms with Crippen molar-refractivity contribution in [3.8, 4) is 0 Å². The minimum Gasteiger partial charge on any atom is -0.300 e. The largest absolute Gasteiger partial charge is 0.300 e. The third-order valence-corrected chi connectivity index (χ3v) is 6.82. The molecule has 0 aromatic rings. The Morgan fingerprint density at radius 3 is 0.533 bits per heavy atom. The Labute approximate surface area is 188 Å². The first-order valence-electron chi connectivity index (χ1n) is 13.8. The average molecular weight is 421 g/mol. The highest BCUT2D eigenvalue weighted by Gasteiger charge is 2.04. The molecule has 0 radical (unpaired) electrons. The van der Waals surface area contributed by atoms with Gasteiger partial charge in [-0.1, -0.05) is 116 Å². The Balaban J connectivity index is 2.13. The lowest BCUT2D eigenvalue weighted by Gasteiger charge is -2.05. The van der Waals surface area contributed by atoms with E-state index in [0.717, 1.165) is 51.4 Å². The van der Waals surface area contributed by atoms with E-state index < -0.39 is 0 Å². The molecule has 0 spiro atoms. The first-order chi connectivity index (χ1) is 14.8. The highest BCUT2D eigenvalue weighted by atomic mass is 16.1. The lowest BCUT2D eigenvalue weighted by Crippen LogP contribution is -1.98. The fourth-order valence-corrected chi connectivity index (χ4v) is 4.72. The number of rotatable bonds is 0. The molecule has 2 nitrogen and oxygen atoms in total. The van der Waals surface area contributed by atoms with Gasteiger partial charge in [0.25, 0.3) is 0 Å². The Hall–Kier alpha value is -0.660. The maximum Gasteiger partial charge on any atom is 0.132 e. The molecule has 0 atom stereocenters. The molecule has 0 saturated heterocycles. The SMILES string of the molecule is O=C1CCCCCCCCCCCCCC(=O)CCCCCCCCCCCCC1. The highest BCUT2D eigenvalue weighted by Crippen LogP contribution is 2.16. The number of Topliss-reactive ketones (excluding diaryl/α,β-unsaturated/α-hetero) is 2. The predicted molar refractivity (Wildman–Crippen MR) is 130 cm³/mol. The molecule has 1 saturated carbocycles. The second-order valence-electron chi connectivity index (χ2n) is 9.86. The van der Waals surface area contributed by atoms with Crippen molar-refractivity contribution in [2.45, 2.75) is 167 Å². The number of carbonyl (C=O) groups excluding carboxylic acids is 2. The fraction of sp³-hybridized carbons (Fsp3) is 0.929. The van der Waals surface area contributed by atoms with Crippen LogP contribution in [0.3, 0.4) is 0 Å². The van der Waals surface area contributed by atoms with Crippen LogP contribution in [0.4, 0.5) is 0 Å². The highest BCUT2D eigenvalue weighted by molar-refractivity contribution is 5.78. The molecule has 176 valence electrons. The monoisotopic (exact) mass is 420 g/mol. The fourth-order valence-electron chi connectivity index (χ4n) is 4.72. The molecule has 0 aromatic carbocycles. The third-order valence-electron chi connectivity index (χ3n) is 6.82. The van der Waals surface area contributed by atoms with Crippen LogP contribution >= 0.6 is 0 Å². The van der Waals surface area contributed by atoms with Crippen molar-refractivity contribution in [3.05, 3.63) is 0 Å². The molecule has 0 bridgehead atoms. The molecule has 0 unspecified atom stereocenters. The Morgan fingerprint density at radius 2 is 0.367 bits per heavy atom.